The first-order valence-corrected chi connectivity index (χ1v) is 13.1. The van der Waals surface area contributed by atoms with Gasteiger partial charge in [0.15, 0.2) is 27.8 Å². The fraction of sp³-hybridized carbons (Fsp3) is 0.478. The molecule has 12 heteroatoms. The number of halogens is 1. The number of carbonyl (C=O) groups excluding carboxylic acids is 1. The van der Waals surface area contributed by atoms with Crippen molar-refractivity contribution < 1.29 is 19.0 Å². The Bertz CT molecular complexity index is 1300. The largest absolute Gasteiger partial charge is 0.454 e. The smallest absolute Gasteiger partial charge is 0.251 e. The number of amides is 1. The van der Waals surface area contributed by atoms with Crippen molar-refractivity contribution in [3.63, 3.8) is 0 Å². The third-order valence-electron chi connectivity index (χ3n) is 6.54. The number of aromatic amines is 1. The molecule has 0 bridgehead atoms. The van der Waals surface area contributed by atoms with Crippen LogP contribution in [0.15, 0.2) is 33.0 Å². The summed E-state index contributed by atoms with van der Waals surface area (Å²) >= 11 is 5.05. The van der Waals surface area contributed by atoms with E-state index in [9.17, 15) is 4.79 Å². The van der Waals surface area contributed by atoms with E-state index in [0.29, 0.717) is 33.7 Å². The second kappa shape index (κ2) is 10.2. The van der Waals surface area contributed by atoms with Crippen molar-refractivity contribution in [3.8, 4) is 11.5 Å². The molecule has 2 aromatic heterocycles. The molecule has 5 rings (SSSR count). The van der Waals surface area contributed by atoms with E-state index < -0.39 is 6.10 Å². The minimum absolute atomic E-state index is 0.0629. The molecular weight excluding hydrogens is 536 g/mol. The molecule has 1 atom stereocenters. The van der Waals surface area contributed by atoms with Crippen LogP contribution in [0.2, 0.25) is 0 Å². The first kappa shape index (κ1) is 24.1. The number of hydrogen-bond acceptors (Lipinski definition) is 8. The van der Waals surface area contributed by atoms with E-state index in [2.05, 4.69) is 25.9 Å². The second-order valence-electron chi connectivity index (χ2n) is 8.70. The number of carbonyl (C=O) groups is 1. The number of fused-ring (bicyclic) bond motifs is 2. The van der Waals surface area contributed by atoms with Gasteiger partial charge >= 0.3 is 0 Å². The van der Waals surface area contributed by atoms with Crippen molar-refractivity contribution in [1.29, 1.82) is 5.41 Å². The predicted octanol–water partition coefficient (Wildman–Crippen LogP) is 3.54. The Labute approximate surface area is 215 Å². The van der Waals surface area contributed by atoms with Crippen LogP contribution in [0.1, 0.15) is 26.2 Å². The van der Waals surface area contributed by atoms with Gasteiger partial charge in [-0.05, 0) is 60.2 Å². The monoisotopic (exact) mass is 562 g/mol. The lowest BCUT2D eigenvalue weighted by molar-refractivity contribution is -0.142. The minimum Gasteiger partial charge on any atom is -0.454 e. The lowest BCUT2D eigenvalue weighted by Gasteiger charge is -2.33. The van der Waals surface area contributed by atoms with Crippen molar-refractivity contribution >= 4 is 44.8 Å². The summed E-state index contributed by atoms with van der Waals surface area (Å²) in [5.74, 6) is 2.00. The standard InChI is InChI=1S/C23H27BrN6O4S/c1-13(32-2)22(31)29-6-3-14(4-7-29)5-8-30-11-26-20(25)19-21(30)28-23(27-19)35-18-10-17-16(9-15(18)24)33-12-34-17/h9-11,13-14,25H,3-8,12H2,1-2H3,(H,27,28)/t13-/m0/s1. The van der Waals surface area contributed by atoms with Crippen LogP contribution in [0.5, 0.6) is 11.5 Å². The number of aromatic nitrogens is 4. The maximum absolute atomic E-state index is 12.3. The highest BCUT2D eigenvalue weighted by molar-refractivity contribution is 9.10. The van der Waals surface area contributed by atoms with E-state index in [1.165, 1.54) is 11.8 Å². The van der Waals surface area contributed by atoms with Crippen LogP contribution in [0, 0.1) is 11.3 Å². The van der Waals surface area contributed by atoms with Crippen molar-refractivity contribution in [3.05, 3.63) is 28.4 Å². The van der Waals surface area contributed by atoms with E-state index in [1.54, 1.807) is 20.4 Å². The Morgan fingerprint density at radius 1 is 1.34 bits per heavy atom. The Morgan fingerprint density at radius 3 is 2.83 bits per heavy atom. The van der Waals surface area contributed by atoms with Gasteiger partial charge in [-0.3, -0.25) is 10.2 Å². The number of methoxy groups -OCH3 is 1. The summed E-state index contributed by atoms with van der Waals surface area (Å²) in [6, 6.07) is 3.81. The van der Waals surface area contributed by atoms with Crippen LogP contribution in [0.4, 0.5) is 0 Å². The predicted molar refractivity (Wildman–Crippen MR) is 133 cm³/mol. The minimum atomic E-state index is -0.394. The average molecular weight is 563 g/mol. The molecule has 186 valence electrons. The van der Waals surface area contributed by atoms with Gasteiger partial charge in [0.2, 0.25) is 6.79 Å². The third kappa shape index (κ3) is 5.05. The highest BCUT2D eigenvalue weighted by atomic mass is 79.9. The van der Waals surface area contributed by atoms with Crippen molar-refractivity contribution in [1.82, 2.24) is 24.4 Å². The molecule has 0 radical (unpaired) electrons. The zero-order chi connectivity index (χ0) is 24.5. The highest BCUT2D eigenvalue weighted by Gasteiger charge is 2.26. The van der Waals surface area contributed by atoms with Gasteiger partial charge < -0.3 is 28.7 Å². The van der Waals surface area contributed by atoms with Gasteiger partial charge in [-0.25, -0.2) is 9.97 Å². The quantitative estimate of drug-likeness (QED) is 0.452. The molecule has 35 heavy (non-hydrogen) atoms. The lowest BCUT2D eigenvalue weighted by Crippen LogP contribution is -2.43. The molecule has 0 spiro atoms. The summed E-state index contributed by atoms with van der Waals surface area (Å²) in [6.45, 7) is 4.28. The molecule has 2 N–H and O–H groups in total. The fourth-order valence-corrected chi connectivity index (χ4v) is 5.76. The molecule has 0 aliphatic carbocycles. The molecule has 2 aliphatic heterocycles. The molecule has 1 saturated heterocycles. The van der Waals surface area contributed by atoms with E-state index in [4.69, 9.17) is 24.6 Å². The highest BCUT2D eigenvalue weighted by Crippen LogP contribution is 2.42. The molecule has 4 heterocycles. The first-order valence-electron chi connectivity index (χ1n) is 11.5. The van der Waals surface area contributed by atoms with E-state index in [-0.39, 0.29) is 18.2 Å². The molecule has 10 nitrogen and oxygen atoms in total. The average Bonchev–Trinajstić information content (AvgIpc) is 3.50. The number of likely N-dealkylation sites (tertiary alicyclic amines) is 1. The van der Waals surface area contributed by atoms with Crippen LogP contribution in [-0.4, -0.2) is 63.4 Å². The molecule has 3 aromatic rings. The molecule has 1 amide bonds. The zero-order valence-electron chi connectivity index (χ0n) is 19.5. The van der Waals surface area contributed by atoms with Gasteiger partial charge in [-0.2, -0.15) is 0 Å². The van der Waals surface area contributed by atoms with Crippen LogP contribution >= 0.6 is 27.7 Å². The van der Waals surface area contributed by atoms with Gasteiger partial charge in [-0.1, -0.05) is 11.8 Å². The zero-order valence-corrected chi connectivity index (χ0v) is 21.9. The van der Waals surface area contributed by atoms with E-state index >= 15 is 0 Å². The summed E-state index contributed by atoms with van der Waals surface area (Å²) < 4.78 is 19.0. The van der Waals surface area contributed by atoms with Crippen molar-refractivity contribution in [2.24, 2.45) is 5.92 Å². The summed E-state index contributed by atoms with van der Waals surface area (Å²) in [7, 11) is 1.57. The van der Waals surface area contributed by atoms with Gasteiger partial charge in [0.1, 0.15) is 11.6 Å². The maximum Gasteiger partial charge on any atom is 0.251 e. The van der Waals surface area contributed by atoms with Gasteiger partial charge in [0, 0.05) is 36.1 Å². The van der Waals surface area contributed by atoms with Gasteiger partial charge in [0.05, 0.1) is 6.33 Å². The van der Waals surface area contributed by atoms with Crippen molar-refractivity contribution in [2.75, 3.05) is 27.0 Å². The second-order valence-corrected chi connectivity index (χ2v) is 10.6. The topological polar surface area (TPSA) is 118 Å². The number of nitrogens with one attached hydrogen (secondary N) is 2. The molecule has 0 saturated carbocycles. The number of ether oxygens (including phenoxy) is 3. The molecule has 2 aliphatic rings. The number of nitrogens with zero attached hydrogens (tertiary/aromatic N) is 4. The summed E-state index contributed by atoms with van der Waals surface area (Å²) in [6.07, 6.45) is 4.19. The number of rotatable bonds is 7. The Hall–Kier alpha value is -2.57. The number of H-pyrrole nitrogens is 1. The summed E-state index contributed by atoms with van der Waals surface area (Å²) in [5.41, 5.74) is 1.49. The Morgan fingerprint density at radius 2 is 2.09 bits per heavy atom. The van der Waals surface area contributed by atoms with Crippen LogP contribution in [-0.2, 0) is 16.1 Å². The Balaban J connectivity index is 1.27. The first-order chi connectivity index (χ1) is 16.9. The van der Waals surface area contributed by atoms with E-state index in [0.717, 1.165) is 48.3 Å². The number of hydrogen-bond donors (Lipinski definition) is 2. The maximum atomic E-state index is 12.3. The Kier molecular flexibility index (Phi) is 7.03. The third-order valence-corrected chi connectivity index (χ3v) is 8.40. The number of aryl methyl sites for hydroxylation is 1. The number of benzene rings is 1. The fourth-order valence-electron chi connectivity index (χ4n) is 4.38. The van der Waals surface area contributed by atoms with Gasteiger partial charge in [-0.15, -0.1) is 0 Å². The SMILES string of the molecule is CO[C@@H](C)C(=O)N1CCC(CCn2cnc(=N)c3[nH]c(Sc4cc5c(cc4Br)OCO5)nc32)CC1. The lowest BCUT2D eigenvalue weighted by atomic mass is 9.93. The van der Waals surface area contributed by atoms with Crippen LogP contribution in [0.3, 0.4) is 0 Å². The normalized spacial score (nSPS) is 16.7. The summed E-state index contributed by atoms with van der Waals surface area (Å²) in [4.78, 5) is 27.5. The van der Waals surface area contributed by atoms with Crippen LogP contribution in [0.25, 0.3) is 11.2 Å². The van der Waals surface area contributed by atoms with E-state index in [1.807, 2.05) is 21.6 Å². The van der Waals surface area contributed by atoms with Crippen LogP contribution < -0.4 is 15.0 Å². The molecular formula is C23H27BrN6O4S. The molecule has 0 unspecified atom stereocenters. The number of piperidine rings is 1. The van der Waals surface area contributed by atoms with Crippen molar-refractivity contribution in [2.45, 2.75) is 48.9 Å². The number of imidazole rings is 1. The van der Waals surface area contributed by atoms with Gasteiger partial charge in [0.25, 0.3) is 5.91 Å². The molecule has 1 aromatic carbocycles. The molecule has 1 fully saturated rings. The summed E-state index contributed by atoms with van der Waals surface area (Å²) in [5, 5.41) is 8.91.